The molecule has 4 aromatic carbocycles. The van der Waals surface area contributed by atoms with E-state index in [1.54, 1.807) is 38.1 Å². The highest BCUT2D eigenvalue weighted by molar-refractivity contribution is 6.36. The van der Waals surface area contributed by atoms with E-state index in [9.17, 15) is 29.4 Å². The fourth-order valence-electron chi connectivity index (χ4n) is 5.65. The Morgan fingerprint density at radius 2 is 1.31 bits per heavy atom. The van der Waals surface area contributed by atoms with Crippen molar-refractivity contribution in [3.63, 3.8) is 0 Å². The second kappa shape index (κ2) is 15.3. The van der Waals surface area contributed by atoms with Crippen LogP contribution in [0.5, 0.6) is 11.5 Å². The fourth-order valence-corrected chi connectivity index (χ4v) is 6.17. The maximum Gasteiger partial charge on any atom is 0.267 e. The summed E-state index contributed by atoms with van der Waals surface area (Å²) in [5.41, 5.74) is -1.90. The van der Waals surface area contributed by atoms with Gasteiger partial charge >= 0.3 is 0 Å². The minimum Gasteiger partial charge on any atom is -0.506 e. The van der Waals surface area contributed by atoms with Crippen molar-refractivity contribution in [1.29, 1.82) is 0 Å². The van der Waals surface area contributed by atoms with E-state index < -0.39 is 71.0 Å². The fraction of sp³-hybridized carbons (Fsp3) is 0.200. The Morgan fingerprint density at radius 3 is 1.81 bits per heavy atom. The van der Waals surface area contributed by atoms with E-state index in [-0.39, 0.29) is 61.9 Å². The molecule has 2 N–H and O–H groups in total. The molecule has 0 atom stereocenters. The number of pyridine rings is 2. The van der Waals surface area contributed by atoms with Gasteiger partial charge in [0.05, 0.1) is 37.3 Å². The first-order chi connectivity index (χ1) is 28.3. The topological polar surface area (TPSA) is 125 Å². The second-order valence-corrected chi connectivity index (χ2v) is 12.4. The van der Waals surface area contributed by atoms with Crippen LogP contribution < -0.4 is 20.9 Å². The minimum atomic E-state index is -3.25. The molecule has 0 radical (unpaired) electrons. The third-order valence-corrected chi connectivity index (χ3v) is 8.89. The predicted octanol–water partition coefficient (Wildman–Crippen LogP) is 7.75. The van der Waals surface area contributed by atoms with Crippen molar-refractivity contribution in [3.05, 3.63) is 138 Å². The number of nitrogens with zero attached hydrogens (tertiary/aromatic N) is 4. The summed E-state index contributed by atoms with van der Waals surface area (Å²) in [5, 5.41) is 22.0. The second-order valence-electron chi connectivity index (χ2n) is 11.6. The Hall–Kier alpha value is -5.58. The zero-order valence-corrected chi connectivity index (χ0v) is 30.1. The molecule has 10 nitrogen and oxygen atoms in total. The molecule has 268 valence electrons. The number of rotatable bonds is 6. The van der Waals surface area contributed by atoms with Crippen LogP contribution in [0.3, 0.4) is 0 Å². The number of anilines is 2. The van der Waals surface area contributed by atoms with Crippen LogP contribution in [0.1, 0.15) is 58.0 Å². The van der Waals surface area contributed by atoms with E-state index in [4.69, 9.17) is 35.5 Å². The molecule has 0 fully saturated rings. The third kappa shape index (κ3) is 6.87. The van der Waals surface area contributed by atoms with E-state index in [0.29, 0.717) is 16.0 Å². The van der Waals surface area contributed by atoms with Crippen LogP contribution >= 0.6 is 23.2 Å². The number of carbonyl (C=O) groups excluding carboxylic acids is 2. The quantitative estimate of drug-likeness (QED) is 0.180. The maximum absolute atomic E-state index is 13.5. The maximum atomic E-state index is 13.5. The van der Waals surface area contributed by atoms with Crippen LogP contribution in [0, 0.1) is 13.8 Å². The summed E-state index contributed by atoms with van der Waals surface area (Å²) in [6.45, 7) is -1.75. The number of carbonyl (C=O) groups is 2. The number of hydrogen-bond donors (Lipinski definition) is 2. The first-order valence-corrected chi connectivity index (χ1v) is 16.4. The molecule has 52 heavy (non-hydrogen) atoms. The number of aromatic nitrogens is 2. The summed E-state index contributed by atoms with van der Waals surface area (Å²) < 4.78 is 73.9. The Morgan fingerprint density at radius 1 is 0.788 bits per heavy atom. The number of benzene rings is 4. The van der Waals surface area contributed by atoms with Gasteiger partial charge in [-0.2, -0.15) is 0 Å². The molecule has 6 aromatic rings. The van der Waals surface area contributed by atoms with Crippen LogP contribution in [0.15, 0.2) is 94.4 Å². The van der Waals surface area contributed by atoms with Crippen molar-refractivity contribution in [3.8, 4) is 11.5 Å². The van der Waals surface area contributed by atoms with Gasteiger partial charge in [0.2, 0.25) is 0 Å². The lowest BCUT2D eigenvalue weighted by molar-refractivity contribution is 0.0975. The SMILES string of the molecule is [2H]C([2H])([2H])C([2H])([2H])N(C(=O)c1c(O)c2c(Cl)cccc2n(C)c1=O)c1cccc(C)c1.[2H]c1c([2H])c(C)c([2H])c(N(CC)C(=O)c2c(O)c3c(Cl)cccc3n(C)c2=O)c1[2H]. The minimum absolute atomic E-state index is 0.0215. The lowest BCUT2D eigenvalue weighted by Gasteiger charge is -2.22. The molecule has 12 heteroatoms. The summed E-state index contributed by atoms with van der Waals surface area (Å²) in [7, 11) is 2.81. The predicted molar refractivity (Wildman–Crippen MR) is 209 cm³/mol. The van der Waals surface area contributed by atoms with Crippen LogP contribution in [-0.4, -0.2) is 44.2 Å². The highest BCUT2D eigenvalue weighted by Gasteiger charge is 2.28. The summed E-state index contributed by atoms with van der Waals surface area (Å²) in [6.07, 6.45) is 0. The smallest absolute Gasteiger partial charge is 0.267 e. The summed E-state index contributed by atoms with van der Waals surface area (Å²) in [4.78, 5) is 54.2. The molecule has 0 aliphatic heterocycles. The standard InChI is InChI=1S/2C20H19ClN2O3/c2*1-4-23(13-8-5-7-12(2)11-13)20(26)17-18(24)16-14(21)9-6-10-15(16)22(3)19(17)25/h2*5-11,24H,4H2,1-3H3/i5D,7D,8D,11D;1D3,4D2. The monoisotopic (exact) mass is 749 g/mol. The van der Waals surface area contributed by atoms with Crippen molar-refractivity contribution in [1.82, 2.24) is 9.13 Å². The Kier molecular flexibility index (Phi) is 8.00. The Labute approximate surface area is 322 Å². The van der Waals surface area contributed by atoms with Gasteiger partial charge in [-0.25, -0.2) is 0 Å². The molecule has 0 saturated carbocycles. The zero-order chi connectivity index (χ0) is 45.8. The molecule has 0 aliphatic carbocycles. The lowest BCUT2D eigenvalue weighted by atomic mass is 10.1. The molecule has 2 aromatic heterocycles. The highest BCUT2D eigenvalue weighted by Crippen LogP contribution is 2.35. The van der Waals surface area contributed by atoms with Crippen LogP contribution in [0.4, 0.5) is 11.4 Å². The van der Waals surface area contributed by atoms with Gasteiger partial charge in [0.1, 0.15) is 22.6 Å². The molecular weight excluding hydrogens is 703 g/mol. The van der Waals surface area contributed by atoms with Crippen molar-refractivity contribution in [2.75, 3.05) is 22.8 Å². The van der Waals surface area contributed by atoms with Crippen molar-refractivity contribution in [2.24, 2.45) is 14.1 Å². The van der Waals surface area contributed by atoms with Gasteiger partial charge in [-0.15, -0.1) is 0 Å². The van der Waals surface area contributed by atoms with Crippen LogP contribution in [0.25, 0.3) is 21.8 Å². The van der Waals surface area contributed by atoms with Gasteiger partial charge in [-0.1, -0.05) is 59.6 Å². The molecule has 0 bridgehead atoms. The van der Waals surface area contributed by atoms with Crippen molar-refractivity contribution in [2.45, 2.75) is 27.6 Å². The van der Waals surface area contributed by atoms with Gasteiger partial charge in [0, 0.05) is 45.4 Å². The van der Waals surface area contributed by atoms with Crippen molar-refractivity contribution >= 4 is 68.2 Å². The molecule has 0 aliphatic rings. The summed E-state index contributed by atoms with van der Waals surface area (Å²) >= 11 is 12.4. The van der Waals surface area contributed by atoms with Gasteiger partial charge in [-0.3, -0.25) is 19.2 Å². The van der Waals surface area contributed by atoms with Crippen molar-refractivity contribution < 1.29 is 32.1 Å². The first kappa shape index (κ1) is 27.1. The lowest BCUT2D eigenvalue weighted by Crippen LogP contribution is -2.36. The first-order valence-electron chi connectivity index (χ1n) is 20.1. The molecule has 6 rings (SSSR count). The average Bonchev–Trinajstić information content (AvgIpc) is 3.19. The average molecular weight is 751 g/mol. The zero-order valence-electron chi connectivity index (χ0n) is 37.6. The van der Waals surface area contributed by atoms with Crippen LogP contribution in [-0.2, 0) is 14.1 Å². The number of amides is 2. The van der Waals surface area contributed by atoms with E-state index >= 15 is 0 Å². The largest absolute Gasteiger partial charge is 0.506 e. The normalized spacial score (nSPS) is 13.9. The Bertz CT molecular complexity index is 2890. The molecule has 0 spiro atoms. The van der Waals surface area contributed by atoms with Gasteiger partial charge in [0.15, 0.2) is 0 Å². The molecule has 2 heterocycles. The molecular formula is C40H38Cl2N4O6. The third-order valence-electron chi connectivity index (χ3n) is 8.26. The van der Waals surface area contributed by atoms with Gasteiger partial charge in [-0.05, 0) is 87.2 Å². The van der Waals surface area contributed by atoms with Crippen LogP contribution in [0.2, 0.25) is 10.0 Å². The molecule has 0 unspecified atom stereocenters. The van der Waals surface area contributed by atoms with E-state index in [1.165, 1.54) is 62.0 Å². The van der Waals surface area contributed by atoms with Gasteiger partial charge in [0.25, 0.3) is 22.9 Å². The summed E-state index contributed by atoms with van der Waals surface area (Å²) in [6, 6.07) is 13.8. The van der Waals surface area contributed by atoms with E-state index in [0.717, 1.165) is 9.47 Å². The molecule has 0 saturated heterocycles. The highest BCUT2D eigenvalue weighted by atomic mass is 35.5. The number of halogens is 2. The van der Waals surface area contributed by atoms with E-state index in [1.807, 2.05) is 0 Å². The number of aromatic hydroxyl groups is 2. The van der Waals surface area contributed by atoms with E-state index in [2.05, 4.69) is 0 Å². The summed E-state index contributed by atoms with van der Waals surface area (Å²) in [5.74, 6) is -3.55. The number of hydrogen-bond acceptors (Lipinski definition) is 6. The van der Waals surface area contributed by atoms with Gasteiger partial charge < -0.3 is 29.1 Å². The number of aryl methyl sites for hydroxylation is 3. The number of fused-ring (bicyclic) bond motifs is 2. The molecule has 2 amide bonds. The Balaban J connectivity index is 0.000000231.